The van der Waals surface area contributed by atoms with Crippen LogP contribution in [0.15, 0.2) is 72.8 Å². The number of fused-ring (bicyclic) bond motifs is 1. The fourth-order valence-corrected chi connectivity index (χ4v) is 4.74. The summed E-state index contributed by atoms with van der Waals surface area (Å²) in [7, 11) is 0. The van der Waals surface area contributed by atoms with Crippen LogP contribution in [-0.4, -0.2) is 17.9 Å². The standard InChI is InChI=1S/C25H22ClIN2O2/c1-16-15-24(29(17(2)30)21-13-9-19(26)10-14-21)22-5-3-4-6-23(22)28(16)25(31)18-7-11-20(27)12-8-18/h3-14,16,24H,15H2,1-2H3. The predicted molar refractivity (Wildman–Crippen MR) is 134 cm³/mol. The summed E-state index contributed by atoms with van der Waals surface area (Å²) >= 11 is 8.29. The van der Waals surface area contributed by atoms with Crippen molar-refractivity contribution in [3.8, 4) is 0 Å². The van der Waals surface area contributed by atoms with E-state index in [1.807, 2.05) is 72.5 Å². The molecule has 158 valence electrons. The van der Waals surface area contributed by atoms with E-state index in [4.69, 9.17) is 11.6 Å². The zero-order valence-electron chi connectivity index (χ0n) is 17.3. The predicted octanol–water partition coefficient (Wildman–Crippen LogP) is 6.48. The number of hydrogen-bond donors (Lipinski definition) is 0. The molecule has 3 aromatic carbocycles. The summed E-state index contributed by atoms with van der Waals surface area (Å²) in [6.45, 7) is 3.61. The number of benzene rings is 3. The molecular weight excluding hydrogens is 523 g/mol. The van der Waals surface area contributed by atoms with E-state index >= 15 is 0 Å². The van der Waals surface area contributed by atoms with Gasteiger partial charge in [0.15, 0.2) is 0 Å². The lowest BCUT2D eigenvalue weighted by Crippen LogP contribution is -2.47. The van der Waals surface area contributed by atoms with Crippen molar-refractivity contribution in [2.24, 2.45) is 0 Å². The van der Waals surface area contributed by atoms with Gasteiger partial charge >= 0.3 is 0 Å². The summed E-state index contributed by atoms with van der Waals surface area (Å²) in [5.41, 5.74) is 3.25. The van der Waals surface area contributed by atoms with E-state index in [-0.39, 0.29) is 23.9 Å². The first-order valence-corrected chi connectivity index (χ1v) is 11.6. The van der Waals surface area contributed by atoms with Crippen molar-refractivity contribution in [1.29, 1.82) is 0 Å². The normalized spacial score (nSPS) is 17.7. The van der Waals surface area contributed by atoms with Crippen LogP contribution in [-0.2, 0) is 4.79 Å². The van der Waals surface area contributed by atoms with Gasteiger partial charge in [-0.3, -0.25) is 9.59 Å². The number of anilines is 2. The summed E-state index contributed by atoms with van der Waals surface area (Å²) in [5.74, 6) is -0.0811. The molecule has 31 heavy (non-hydrogen) atoms. The van der Waals surface area contributed by atoms with Gasteiger partial charge < -0.3 is 9.80 Å². The van der Waals surface area contributed by atoms with Gasteiger partial charge in [0, 0.05) is 38.5 Å². The van der Waals surface area contributed by atoms with Crippen molar-refractivity contribution < 1.29 is 9.59 Å². The lowest BCUT2D eigenvalue weighted by molar-refractivity contribution is -0.117. The smallest absolute Gasteiger partial charge is 0.258 e. The molecule has 2 unspecified atom stereocenters. The molecule has 1 aliphatic heterocycles. The maximum absolute atomic E-state index is 13.4. The molecule has 4 nitrogen and oxygen atoms in total. The van der Waals surface area contributed by atoms with Crippen LogP contribution < -0.4 is 9.80 Å². The number of nitrogens with zero attached hydrogens (tertiary/aromatic N) is 2. The molecule has 2 atom stereocenters. The second-order valence-electron chi connectivity index (χ2n) is 7.71. The number of halogens is 2. The molecule has 0 radical (unpaired) electrons. The van der Waals surface area contributed by atoms with E-state index < -0.39 is 0 Å². The van der Waals surface area contributed by atoms with E-state index in [1.165, 1.54) is 0 Å². The highest BCUT2D eigenvalue weighted by molar-refractivity contribution is 14.1. The van der Waals surface area contributed by atoms with Gasteiger partial charge in [0.25, 0.3) is 5.91 Å². The largest absolute Gasteiger partial charge is 0.305 e. The fourth-order valence-electron chi connectivity index (χ4n) is 4.25. The molecule has 0 spiro atoms. The molecule has 2 amide bonds. The second kappa shape index (κ2) is 9.01. The maximum Gasteiger partial charge on any atom is 0.258 e. The lowest BCUT2D eigenvalue weighted by Gasteiger charge is -2.43. The van der Waals surface area contributed by atoms with Crippen LogP contribution in [0.25, 0.3) is 0 Å². The Hall–Kier alpha value is -2.38. The third kappa shape index (κ3) is 4.34. The van der Waals surface area contributed by atoms with Crippen LogP contribution in [0.5, 0.6) is 0 Å². The van der Waals surface area contributed by atoms with Gasteiger partial charge in [0.1, 0.15) is 0 Å². The Labute approximate surface area is 201 Å². The molecule has 0 aliphatic carbocycles. The Balaban J connectivity index is 1.77. The van der Waals surface area contributed by atoms with E-state index in [0.29, 0.717) is 17.0 Å². The minimum Gasteiger partial charge on any atom is -0.305 e. The SMILES string of the molecule is CC(=O)N(c1ccc(Cl)cc1)C1CC(C)N(C(=O)c2ccc(I)cc2)c2ccccc21. The van der Waals surface area contributed by atoms with Gasteiger partial charge in [-0.05, 0) is 96.1 Å². The zero-order chi connectivity index (χ0) is 22.1. The fraction of sp³-hybridized carbons (Fsp3) is 0.200. The summed E-state index contributed by atoms with van der Waals surface area (Å²) in [5, 5.41) is 0.624. The second-order valence-corrected chi connectivity index (χ2v) is 9.39. The Morgan fingerprint density at radius 3 is 2.29 bits per heavy atom. The van der Waals surface area contributed by atoms with Crippen molar-refractivity contribution in [3.63, 3.8) is 0 Å². The molecule has 4 rings (SSSR count). The highest BCUT2D eigenvalue weighted by atomic mass is 127. The quantitative estimate of drug-likeness (QED) is 0.354. The number of hydrogen-bond acceptors (Lipinski definition) is 2. The minimum absolute atomic E-state index is 0.0318. The molecule has 0 saturated heterocycles. The molecule has 0 bridgehead atoms. The highest BCUT2D eigenvalue weighted by Crippen LogP contribution is 2.42. The summed E-state index contributed by atoms with van der Waals surface area (Å²) in [6, 6.07) is 22.5. The number of para-hydroxylation sites is 1. The van der Waals surface area contributed by atoms with Crippen LogP contribution in [0, 0.1) is 3.57 Å². The van der Waals surface area contributed by atoms with Crippen molar-refractivity contribution in [2.45, 2.75) is 32.4 Å². The zero-order valence-corrected chi connectivity index (χ0v) is 20.2. The minimum atomic E-state index is -0.175. The van der Waals surface area contributed by atoms with Crippen molar-refractivity contribution in [3.05, 3.63) is 92.5 Å². The van der Waals surface area contributed by atoms with Gasteiger partial charge in [-0.25, -0.2) is 0 Å². The average molecular weight is 545 g/mol. The topological polar surface area (TPSA) is 40.6 Å². The third-order valence-electron chi connectivity index (χ3n) is 5.63. The lowest BCUT2D eigenvalue weighted by atomic mass is 9.89. The third-order valence-corrected chi connectivity index (χ3v) is 6.60. The van der Waals surface area contributed by atoms with Crippen molar-refractivity contribution in [2.75, 3.05) is 9.80 Å². The van der Waals surface area contributed by atoms with E-state index in [2.05, 4.69) is 22.6 Å². The summed E-state index contributed by atoms with van der Waals surface area (Å²) in [4.78, 5) is 29.8. The molecule has 1 heterocycles. The molecule has 3 aromatic rings. The number of carbonyl (C=O) groups excluding carboxylic acids is 2. The Morgan fingerprint density at radius 1 is 1.00 bits per heavy atom. The van der Waals surface area contributed by atoms with Gasteiger partial charge in [-0.15, -0.1) is 0 Å². The molecule has 0 aromatic heterocycles. The van der Waals surface area contributed by atoms with Crippen LogP contribution in [0.4, 0.5) is 11.4 Å². The first kappa shape index (κ1) is 21.8. The van der Waals surface area contributed by atoms with Gasteiger partial charge in [-0.2, -0.15) is 0 Å². The molecule has 1 aliphatic rings. The molecular formula is C25H22ClIN2O2. The molecule has 0 fully saturated rings. The van der Waals surface area contributed by atoms with Crippen LogP contribution in [0.1, 0.15) is 42.2 Å². The Bertz CT molecular complexity index is 1120. The first-order chi connectivity index (χ1) is 14.9. The molecule has 0 saturated carbocycles. The highest BCUT2D eigenvalue weighted by Gasteiger charge is 2.38. The van der Waals surface area contributed by atoms with Crippen LogP contribution in [0.2, 0.25) is 5.02 Å². The first-order valence-electron chi connectivity index (χ1n) is 10.1. The van der Waals surface area contributed by atoms with Crippen LogP contribution in [0.3, 0.4) is 0 Å². The monoisotopic (exact) mass is 544 g/mol. The van der Waals surface area contributed by atoms with E-state index in [9.17, 15) is 9.59 Å². The number of carbonyl (C=O) groups is 2. The van der Waals surface area contributed by atoms with Gasteiger partial charge in [0.2, 0.25) is 5.91 Å². The average Bonchev–Trinajstić information content (AvgIpc) is 2.75. The van der Waals surface area contributed by atoms with Gasteiger partial charge in [0.05, 0.1) is 6.04 Å². The van der Waals surface area contributed by atoms with Gasteiger partial charge in [-0.1, -0.05) is 29.8 Å². The Morgan fingerprint density at radius 2 is 1.65 bits per heavy atom. The van der Waals surface area contributed by atoms with Crippen molar-refractivity contribution >= 4 is 57.4 Å². The summed E-state index contributed by atoms with van der Waals surface area (Å²) in [6.07, 6.45) is 0.634. The molecule has 6 heteroatoms. The molecule has 0 N–H and O–H groups in total. The summed E-state index contributed by atoms with van der Waals surface area (Å²) < 4.78 is 1.08. The Kier molecular flexibility index (Phi) is 6.34. The maximum atomic E-state index is 13.4. The van der Waals surface area contributed by atoms with Crippen molar-refractivity contribution in [1.82, 2.24) is 0 Å². The van der Waals surface area contributed by atoms with E-state index in [0.717, 1.165) is 20.5 Å². The number of amides is 2. The number of rotatable bonds is 3. The van der Waals surface area contributed by atoms with Crippen LogP contribution >= 0.6 is 34.2 Å². The van der Waals surface area contributed by atoms with E-state index in [1.54, 1.807) is 24.0 Å².